The molecule has 0 radical (unpaired) electrons. The van der Waals surface area contributed by atoms with Crippen molar-refractivity contribution in [2.24, 2.45) is 11.8 Å². The molecule has 1 N–H and O–H groups in total. The van der Waals surface area contributed by atoms with Crippen molar-refractivity contribution >= 4 is 0 Å². The lowest BCUT2D eigenvalue weighted by atomic mass is 9.80. The summed E-state index contributed by atoms with van der Waals surface area (Å²) in [5.41, 5.74) is 0. The van der Waals surface area contributed by atoms with Gasteiger partial charge in [0, 0.05) is 19.6 Å². The van der Waals surface area contributed by atoms with Crippen molar-refractivity contribution < 1.29 is 5.11 Å². The topological polar surface area (TPSA) is 23.5 Å². The Morgan fingerprint density at radius 3 is 1.89 bits per heavy atom. The van der Waals surface area contributed by atoms with E-state index in [0.717, 1.165) is 37.8 Å². The van der Waals surface area contributed by atoms with Gasteiger partial charge in [0.2, 0.25) is 0 Å². The molecule has 2 rings (SSSR count). The molecule has 2 nitrogen and oxygen atoms in total. The van der Waals surface area contributed by atoms with Crippen molar-refractivity contribution in [3.05, 3.63) is 0 Å². The second-order valence-electron chi connectivity index (χ2n) is 5.83. The van der Waals surface area contributed by atoms with Crippen LogP contribution in [0.5, 0.6) is 0 Å². The molecule has 0 aromatic rings. The van der Waals surface area contributed by atoms with E-state index in [1.54, 1.807) is 0 Å². The molecule has 0 aromatic heterocycles. The predicted molar refractivity (Wildman–Crippen MR) is 78.8 cm³/mol. The summed E-state index contributed by atoms with van der Waals surface area (Å²) < 4.78 is 0. The lowest BCUT2D eigenvalue weighted by Crippen LogP contribution is -2.39. The average Bonchev–Trinajstić information content (AvgIpc) is 2.44. The molecule has 0 atom stereocenters. The lowest BCUT2D eigenvalue weighted by Gasteiger charge is -2.35. The Hall–Kier alpha value is -0.0800. The van der Waals surface area contributed by atoms with E-state index >= 15 is 0 Å². The minimum Gasteiger partial charge on any atom is -0.393 e. The van der Waals surface area contributed by atoms with Gasteiger partial charge in [0.15, 0.2) is 0 Å². The standard InChI is InChI=1S/C14H27NO.C2H6/c1-2-12-3-5-13(6-4-12)11-15-9-7-14(16)8-10-15;1-2/h12-14,16H,2-11H2,1H3;1-2H3. The third kappa shape index (κ3) is 5.27. The molecule has 2 aliphatic rings. The van der Waals surface area contributed by atoms with Crippen LogP contribution >= 0.6 is 0 Å². The quantitative estimate of drug-likeness (QED) is 0.831. The largest absolute Gasteiger partial charge is 0.393 e. The maximum atomic E-state index is 9.47. The molecule has 18 heavy (non-hydrogen) atoms. The first-order valence-corrected chi connectivity index (χ1v) is 8.18. The smallest absolute Gasteiger partial charge is 0.0564 e. The Labute approximate surface area is 114 Å². The van der Waals surface area contributed by atoms with Crippen LogP contribution in [0.3, 0.4) is 0 Å². The maximum absolute atomic E-state index is 9.47. The van der Waals surface area contributed by atoms with Crippen molar-refractivity contribution in [1.29, 1.82) is 0 Å². The Bertz CT molecular complexity index is 191. The monoisotopic (exact) mass is 255 g/mol. The number of hydrogen-bond donors (Lipinski definition) is 1. The molecule has 1 heterocycles. The second kappa shape index (κ2) is 8.92. The van der Waals surface area contributed by atoms with Gasteiger partial charge in [0.1, 0.15) is 0 Å². The number of piperidine rings is 1. The van der Waals surface area contributed by atoms with Gasteiger partial charge in [-0.15, -0.1) is 0 Å². The first-order valence-electron chi connectivity index (χ1n) is 8.18. The van der Waals surface area contributed by atoms with Crippen molar-refractivity contribution in [3.63, 3.8) is 0 Å². The van der Waals surface area contributed by atoms with Gasteiger partial charge in [-0.25, -0.2) is 0 Å². The lowest BCUT2D eigenvalue weighted by molar-refractivity contribution is 0.0687. The highest BCUT2D eigenvalue weighted by molar-refractivity contribution is 4.77. The van der Waals surface area contributed by atoms with Crippen molar-refractivity contribution in [2.75, 3.05) is 19.6 Å². The van der Waals surface area contributed by atoms with Crippen LogP contribution in [0.15, 0.2) is 0 Å². The first kappa shape index (κ1) is 16.0. The van der Waals surface area contributed by atoms with E-state index in [4.69, 9.17) is 0 Å². The van der Waals surface area contributed by atoms with Crippen LogP contribution in [0.25, 0.3) is 0 Å². The molecule has 108 valence electrons. The summed E-state index contributed by atoms with van der Waals surface area (Å²) in [6.07, 6.45) is 9.13. The second-order valence-corrected chi connectivity index (χ2v) is 5.83. The van der Waals surface area contributed by atoms with Gasteiger partial charge in [-0.1, -0.05) is 40.0 Å². The summed E-state index contributed by atoms with van der Waals surface area (Å²) in [5, 5.41) is 9.47. The van der Waals surface area contributed by atoms with E-state index in [2.05, 4.69) is 11.8 Å². The van der Waals surface area contributed by atoms with Crippen LogP contribution in [0.1, 0.15) is 65.7 Å². The van der Waals surface area contributed by atoms with Crippen LogP contribution in [-0.4, -0.2) is 35.7 Å². The van der Waals surface area contributed by atoms with Crippen LogP contribution in [-0.2, 0) is 0 Å². The fraction of sp³-hybridized carbons (Fsp3) is 1.00. The Morgan fingerprint density at radius 1 is 0.889 bits per heavy atom. The van der Waals surface area contributed by atoms with Gasteiger partial charge in [-0.3, -0.25) is 0 Å². The van der Waals surface area contributed by atoms with E-state index in [9.17, 15) is 5.11 Å². The average molecular weight is 255 g/mol. The molecule has 1 aliphatic heterocycles. The van der Waals surface area contributed by atoms with Gasteiger partial charge in [-0.05, 0) is 37.5 Å². The SMILES string of the molecule is CC.CCC1CCC(CN2CCC(O)CC2)CC1. The number of hydrogen-bond acceptors (Lipinski definition) is 2. The fourth-order valence-corrected chi connectivity index (χ4v) is 3.29. The molecule has 2 fully saturated rings. The van der Waals surface area contributed by atoms with E-state index in [1.165, 1.54) is 38.6 Å². The summed E-state index contributed by atoms with van der Waals surface area (Å²) in [6.45, 7) is 9.86. The van der Waals surface area contributed by atoms with Gasteiger partial charge < -0.3 is 10.0 Å². The molecular formula is C16H33NO. The minimum atomic E-state index is -0.0212. The zero-order valence-corrected chi connectivity index (χ0v) is 12.7. The third-order valence-corrected chi connectivity index (χ3v) is 4.62. The molecule has 1 aliphatic carbocycles. The molecular weight excluding hydrogens is 222 g/mol. The molecule has 0 spiro atoms. The Kier molecular flexibility index (Phi) is 7.92. The summed E-state index contributed by atoms with van der Waals surface area (Å²) in [7, 11) is 0. The molecule has 0 bridgehead atoms. The summed E-state index contributed by atoms with van der Waals surface area (Å²) in [4.78, 5) is 2.57. The number of rotatable bonds is 3. The molecule has 0 unspecified atom stereocenters. The molecule has 1 saturated heterocycles. The summed E-state index contributed by atoms with van der Waals surface area (Å²) in [6, 6.07) is 0. The maximum Gasteiger partial charge on any atom is 0.0564 e. The summed E-state index contributed by atoms with van der Waals surface area (Å²) >= 11 is 0. The van der Waals surface area contributed by atoms with E-state index in [-0.39, 0.29) is 6.10 Å². The molecule has 1 saturated carbocycles. The number of aliphatic hydroxyl groups is 1. The minimum absolute atomic E-state index is 0.0212. The van der Waals surface area contributed by atoms with Crippen molar-refractivity contribution in [1.82, 2.24) is 4.90 Å². The third-order valence-electron chi connectivity index (χ3n) is 4.62. The van der Waals surface area contributed by atoms with E-state index < -0.39 is 0 Å². The van der Waals surface area contributed by atoms with Gasteiger partial charge in [0.05, 0.1) is 6.10 Å². The normalized spacial score (nSPS) is 30.7. The first-order chi connectivity index (χ1) is 8.78. The number of aliphatic hydroxyl groups excluding tert-OH is 1. The Morgan fingerprint density at radius 2 is 1.39 bits per heavy atom. The molecule has 0 aromatic carbocycles. The zero-order chi connectivity index (χ0) is 13.4. The Balaban J connectivity index is 0.000000771. The number of nitrogens with zero attached hydrogens (tertiary/aromatic N) is 1. The van der Waals surface area contributed by atoms with E-state index in [0.29, 0.717) is 0 Å². The van der Waals surface area contributed by atoms with Crippen molar-refractivity contribution in [2.45, 2.75) is 71.8 Å². The molecule has 0 amide bonds. The predicted octanol–water partition coefficient (Wildman–Crippen LogP) is 3.69. The van der Waals surface area contributed by atoms with Crippen LogP contribution in [0.4, 0.5) is 0 Å². The summed E-state index contributed by atoms with van der Waals surface area (Å²) in [5.74, 6) is 1.96. The highest BCUT2D eigenvalue weighted by Crippen LogP contribution is 2.31. The van der Waals surface area contributed by atoms with Crippen LogP contribution in [0.2, 0.25) is 0 Å². The highest BCUT2D eigenvalue weighted by atomic mass is 16.3. The highest BCUT2D eigenvalue weighted by Gasteiger charge is 2.24. The van der Waals surface area contributed by atoms with Crippen molar-refractivity contribution in [3.8, 4) is 0 Å². The van der Waals surface area contributed by atoms with Gasteiger partial charge >= 0.3 is 0 Å². The van der Waals surface area contributed by atoms with Crippen LogP contribution in [0, 0.1) is 11.8 Å². The van der Waals surface area contributed by atoms with E-state index in [1.807, 2.05) is 13.8 Å². The van der Waals surface area contributed by atoms with Gasteiger partial charge in [-0.2, -0.15) is 0 Å². The van der Waals surface area contributed by atoms with Crippen LogP contribution < -0.4 is 0 Å². The van der Waals surface area contributed by atoms with Gasteiger partial charge in [0.25, 0.3) is 0 Å². The molecule has 2 heteroatoms. The zero-order valence-electron chi connectivity index (χ0n) is 12.7. The fourth-order valence-electron chi connectivity index (χ4n) is 3.29. The number of likely N-dealkylation sites (tertiary alicyclic amines) is 1.